The highest BCUT2D eigenvalue weighted by Gasteiger charge is 2.29. The molecule has 5 nitrogen and oxygen atoms in total. The van der Waals surface area contributed by atoms with Crippen LogP contribution < -0.4 is 5.32 Å². The van der Waals surface area contributed by atoms with Gasteiger partial charge in [0.25, 0.3) is 0 Å². The van der Waals surface area contributed by atoms with Crippen molar-refractivity contribution < 1.29 is 24.1 Å². The fourth-order valence-electron chi connectivity index (χ4n) is 4.10. The van der Waals surface area contributed by atoms with Crippen molar-refractivity contribution >= 4 is 29.3 Å². The van der Waals surface area contributed by atoms with E-state index in [1.54, 1.807) is 0 Å². The zero-order valence-corrected chi connectivity index (χ0v) is 19.0. The van der Waals surface area contributed by atoms with Gasteiger partial charge in [0.1, 0.15) is 12.7 Å². The van der Waals surface area contributed by atoms with Crippen LogP contribution in [0.1, 0.15) is 35.1 Å². The van der Waals surface area contributed by atoms with Gasteiger partial charge in [0.15, 0.2) is 5.82 Å². The Balaban J connectivity index is 1.29. The van der Waals surface area contributed by atoms with Crippen LogP contribution in [0.3, 0.4) is 0 Å². The summed E-state index contributed by atoms with van der Waals surface area (Å²) >= 11 is 11.5. The Labute approximate surface area is 200 Å². The molecule has 0 saturated carbocycles. The van der Waals surface area contributed by atoms with Crippen LogP contribution in [0, 0.1) is 5.82 Å². The number of carbonyl (C=O) groups is 1. The van der Waals surface area contributed by atoms with Crippen molar-refractivity contribution in [1.82, 2.24) is 5.32 Å². The lowest BCUT2D eigenvalue weighted by atomic mass is 9.98. The van der Waals surface area contributed by atoms with E-state index in [2.05, 4.69) is 17.4 Å². The number of carbonyl (C=O) groups excluding carboxylic acids is 1. The summed E-state index contributed by atoms with van der Waals surface area (Å²) in [6.07, 6.45) is -3.15. The van der Waals surface area contributed by atoms with Gasteiger partial charge in [-0.2, -0.15) is 0 Å². The molecule has 1 aliphatic carbocycles. The summed E-state index contributed by atoms with van der Waals surface area (Å²) in [5, 5.41) is 22.6. The maximum absolute atomic E-state index is 13.5. The van der Waals surface area contributed by atoms with E-state index in [4.69, 9.17) is 27.9 Å². The molecule has 2 atom stereocenters. The van der Waals surface area contributed by atoms with Crippen LogP contribution in [0.25, 0.3) is 11.1 Å². The molecule has 0 bridgehead atoms. The molecule has 0 aromatic heterocycles. The Morgan fingerprint density at radius 1 is 1.00 bits per heavy atom. The van der Waals surface area contributed by atoms with Gasteiger partial charge in [-0.05, 0) is 46.4 Å². The quantitative estimate of drug-likeness (QED) is 0.385. The van der Waals surface area contributed by atoms with Crippen LogP contribution in [-0.2, 0) is 4.74 Å². The fraction of sp³-hybridized carbons (Fsp3) is 0.240. The molecule has 0 heterocycles. The number of benzene rings is 3. The number of aliphatic hydroxyl groups is 2. The molecule has 0 aliphatic heterocycles. The van der Waals surface area contributed by atoms with Gasteiger partial charge in [0, 0.05) is 12.5 Å². The summed E-state index contributed by atoms with van der Waals surface area (Å²) in [4.78, 5) is 12.2. The van der Waals surface area contributed by atoms with Crippen LogP contribution >= 0.6 is 23.2 Å². The van der Waals surface area contributed by atoms with Gasteiger partial charge in [-0.15, -0.1) is 0 Å². The normalized spacial score (nSPS) is 14.3. The summed E-state index contributed by atoms with van der Waals surface area (Å²) in [6.45, 7) is 0.245. The molecule has 3 aromatic carbocycles. The van der Waals surface area contributed by atoms with E-state index < -0.39 is 24.1 Å². The van der Waals surface area contributed by atoms with Gasteiger partial charge in [0.2, 0.25) is 0 Å². The number of fused-ring (bicyclic) bond motifs is 3. The van der Waals surface area contributed by atoms with E-state index in [0.29, 0.717) is 0 Å². The summed E-state index contributed by atoms with van der Waals surface area (Å²) in [5.74, 6) is -0.843. The smallest absolute Gasteiger partial charge is 0.407 e. The molecule has 0 saturated heterocycles. The SMILES string of the molecule is O=C(NCCC(O)C(O)c1cc(Cl)c(F)c(Cl)c1)OCC1c2ccccc2-c2ccccc21. The molecule has 8 heteroatoms. The minimum atomic E-state index is -1.34. The number of hydrogen-bond donors (Lipinski definition) is 3. The van der Waals surface area contributed by atoms with Crippen LogP contribution in [0.4, 0.5) is 9.18 Å². The van der Waals surface area contributed by atoms with Crippen LogP contribution in [0.15, 0.2) is 60.7 Å². The molecule has 3 aromatic rings. The van der Waals surface area contributed by atoms with E-state index >= 15 is 0 Å². The van der Waals surface area contributed by atoms with Crippen LogP contribution in [0.2, 0.25) is 10.0 Å². The summed E-state index contributed by atoms with van der Waals surface area (Å²) in [6, 6.07) is 18.5. The minimum absolute atomic E-state index is 0.0397. The van der Waals surface area contributed by atoms with Gasteiger partial charge in [-0.3, -0.25) is 0 Å². The first-order chi connectivity index (χ1) is 15.9. The molecule has 3 N–H and O–H groups in total. The number of alkyl carbamates (subject to hydrolysis) is 1. The third-order valence-corrected chi connectivity index (χ3v) is 6.32. The number of hydrogen-bond acceptors (Lipinski definition) is 4. The molecular formula is C25H22Cl2FNO4. The van der Waals surface area contributed by atoms with E-state index in [0.717, 1.165) is 22.3 Å². The molecule has 33 heavy (non-hydrogen) atoms. The monoisotopic (exact) mass is 489 g/mol. The average Bonchev–Trinajstić information content (AvgIpc) is 3.14. The lowest BCUT2D eigenvalue weighted by Crippen LogP contribution is -2.30. The first-order valence-corrected chi connectivity index (χ1v) is 11.2. The fourth-order valence-corrected chi connectivity index (χ4v) is 4.60. The lowest BCUT2D eigenvalue weighted by molar-refractivity contribution is 0.0136. The van der Waals surface area contributed by atoms with Gasteiger partial charge >= 0.3 is 6.09 Å². The largest absolute Gasteiger partial charge is 0.449 e. The molecule has 1 aliphatic rings. The minimum Gasteiger partial charge on any atom is -0.449 e. The molecule has 0 radical (unpaired) electrons. The highest BCUT2D eigenvalue weighted by Crippen LogP contribution is 2.44. The van der Waals surface area contributed by atoms with E-state index in [9.17, 15) is 19.4 Å². The van der Waals surface area contributed by atoms with Crippen LogP contribution in [0.5, 0.6) is 0 Å². The number of ether oxygens (including phenoxy) is 1. The van der Waals surface area contributed by atoms with Crippen molar-refractivity contribution in [2.45, 2.75) is 24.5 Å². The van der Waals surface area contributed by atoms with E-state index in [1.165, 1.54) is 12.1 Å². The highest BCUT2D eigenvalue weighted by atomic mass is 35.5. The second-order valence-corrected chi connectivity index (χ2v) is 8.67. The van der Waals surface area contributed by atoms with E-state index in [-0.39, 0.29) is 41.1 Å². The zero-order chi connectivity index (χ0) is 23.5. The Kier molecular flexibility index (Phi) is 7.20. The molecule has 4 rings (SSSR count). The molecule has 0 fully saturated rings. The highest BCUT2D eigenvalue weighted by molar-refractivity contribution is 6.35. The number of amides is 1. The van der Waals surface area contributed by atoms with Crippen LogP contribution in [-0.4, -0.2) is 35.6 Å². The van der Waals surface area contributed by atoms with Crippen molar-refractivity contribution in [2.75, 3.05) is 13.2 Å². The standard InChI is InChI=1S/C25H22Cl2FNO4/c26-20-11-14(12-21(27)23(20)28)24(31)22(30)9-10-29-25(32)33-13-19-17-7-3-1-5-15(17)16-6-2-4-8-18(16)19/h1-8,11-12,19,22,24,30-31H,9-10,13H2,(H,29,32). The Morgan fingerprint density at radius 3 is 2.12 bits per heavy atom. The van der Waals surface area contributed by atoms with Crippen molar-refractivity contribution in [2.24, 2.45) is 0 Å². The van der Waals surface area contributed by atoms with Crippen molar-refractivity contribution in [3.63, 3.8) is 0 Å². The summed E-state index contributed by atoms with van der Waals surface area (Å²) in [7, 11) is 0. The van der Waals surface area contributed by atoms with Gasteiger partial charge in [0.05, 0.1) is 16.1 Å². The lowest BCUT2D eigenvalue weighted by Gasteiger charge is -2.19. The molecule has 1 amide bonds. The number of halogens is 3. The van der Waals surface area contributed by atoms with Crippen molar-refractivity contribution in [3.8, 4) is 11.1 Å². The first kappa shape index (κ1) is 23.5. The molecular weight excluding hydrogens is 468 g/mol. The second kappa shape index (κ2) is 10.1. The number of aliphatic hydroxyl groups excluding tert-OH is 2. The summed E-state index contributed by atoms with van der Waals surface area (Å²) < 4.78 is 19.0. The van der Waals surface area contributed by atoms with Gasteiger partial charge < -0.3 is 20.3 Å². The third kappa shape index (κ3) is 4.99. The molecule has 0 spiro atoms. The topological polar surface area (TPSA) is 78.8 Å². The van der Waals surface area contributed by atoms with Gasteiger partial charge in [-0.25, -0.2) is 9.18 Å². The number of nitrogens with one attached hydrogen (secondary N) is 1. The summed E-state index contributed by atoms with van der Waals surface area (Å²) in [5.41, 5.74) is 4.68. The molecule has 172 valence electrons. The van der Waals surface area contributed by atoms with Gasteiger partial charge in [-0.1, -0.05) is 71.7 Å². The molecule has 2 unspecified atom stereocenters. The maximum atomic E-state index is 13.5. The van der Waals surface area contributed by atoms with Crippen molar-refractivity contribution in [3.05, 3.63) is 93.2 Å². The average molecular weight is 490 g/mol. The van der Waals surface area contributed by atoms with Crippen molar-refractivity contribution in [1.29, 1.82) is 0 Å². The maximum Gasteiger partial charge on any atom is 0.407 e. The number of rotatable bonds is 7. The van der Waals surface area contributed by atoms with E-state index in [1.807, 2.05) is 36.4 Å². The Hall–Kier alpha value is -2.64. The Bertz CT molecular complexity index is 1100. The zero-order valence-electron chi connectivity index (χ0n) is 17.5. The second-order valence-electron chi connectivity index (χ2n) is 7.85. The Morgan fingerprint density at radius 2 is 1.55 bits per heavy atom. The predicted molar refractivity (Wildman–Crippen MR) is 125 cm³/mol. The predicted octanol–water partition coefficient (Wildman–Crippen LogP) is 5.46. The third-order valence-electron chi connectivity index (χ3n) is 5.77. The first-order valence-electron chi connectivity index (χ1n) is 10.5.